The van der Waals surface area contributed by atoms with Gasteiger partial charge in [0.05, 0.1) is 11.1 Å². The van der Waals surface area contributed by atoms with E-state index in [4.69, 9.17) is 4.42 Å². The Morgan fingerprint density at radius 2 is 1.89 bits per heavy atom. The Morgan fingerprint density at radius 3 is 2.63 bits per heavy atom. The summed E-state index contributed by atoms with van der Waals surface area (Å²) in [6.07, 6.45) is 7.75. The minimum absolute atomic E-state index is 0.102. The van der Waals surface area contributed by atoms with Gasteiger partial charge in [-0.15, -0.1) is 10.2 Å². The van der Waals surface area contributed by atoms with E-state index in [0.29, 0.717) is 22.8 Å². The number of furan rings is 1. The van der Waals surface area contributed by atoms with Crippen LogP contribution in [0.15, 0.2) is 52.5 Å². The zero-order chi connectivity index (χ0) is 18.6. The smallest absolute Gasteiger partial charge is 0.293 e. The van der Waals surface area contributed by atoms with Gasteiger partial charge < -0.3 is 9.32 Å². The largest absolute Gasteiger partial charge is 0.455 e. The molecule has 0 bridgehead atoms. The number of piperidine rings is 1. The molecular weight excluding hydrogens is 348 g/mol. The van der Waals surface area contributed by atoms with Gasteiger partial charge in [-0.2, -0.15) is 5.10 Å². The molecule has 1 aliphatic heterocycles. The van der Waals surface area contributed by atoms with E-state index < -0.39 is 0 Å². The molecular formula is C18H18N6O3. The quantitative estimate of drug-likeness (QED) is 0.390. The molecule has 0 radical (unpaired) electrons. The van der Waals surface area contributed by atoms with E-state index in [1.807, 2.05) is 12.1 Å². The third kappa shape index (κ3) is 3.71. The molecule has 1 aromatic carbocycles. The first-order valence-corrected chi connectivity index (χ1v) is 8.73. The lowest BCUT2D eigenvalue weighted by Crippen LogP contribution is -2.29. The van der Waals surface area contributed by atoms with Crippen LogP contribution in [0.1, 0.15) is 25.0 Å². The summed E-state index contributed by atoms with van der Waals surface area (Å²) in [5.74, 6) is 1.08. The van der Waals surface area contributed by atoms with E-state index in [2.05, 4.69) is 20.2 Å². The van der Waals surface area contributed by atoms with Crippen LogP contribution in [0, 0.1) is 10.1 Å². The molecule has 0 unspecified atom stereocenters. The van der Waals surface area contributed by atoms with Crippen molar-refractivity contribution in [3.05, 3.63) is 58.9 Å². The summed E-state index contributed by atoms with van der Waals surface area (Å²) >= 11 is 0. The number of nitrogens with zero attached hydrogens (tertiary/aromatic N) is 6. The molecule has 9 heteroatoms. The second-order valence-corrected chi connectivity index (χ2v) is 6.30. The summed E-state index contributed by atoms with van der Waals surface area (Å²) in [5, 5.41) is 23.0. The third-order valence-corrected chi connectivity index (χ3v) is 4.51. The monoisotopic (exact) mass is 366 g/mol. The first-order chi connectivity index (χ1) is 13.2. The maximum absolute atomic E-state index is 11.6. The number of nitro groups is 1. The Bertz CT molecular complexity index is 957. The highest BCUT2D eigenvalue weighted by molar-refractivity contribution is 5.78. The summed E-state index contributed by atoms with van der Waals surface area (Å²) in [4.78, 5) is 13.4. The molecule has 0 spiro atoms. The van der Waals surface area contributed by atoms with Crippen LogP contribution in [0.25, 0.3) is 11.3 Å². The fourth-order valence-electron chi connectivity index (χ4n) is 3.18. The van der Waals surface area contributed by atoms with Crippen LogP contribution in [0.3, 0.4) is 0 Å². The first-order valence-electron chi connectivity index (χ1n) is 8.73. The maximum atomic E-state index is 11.6. The Morgan fingerprint density at radius 1 is 1.11 bits per heavy atom. The van der Waals surface area contributed by atoms with Gasteiger partial charge in [-0.3, -0.25) is 10.1 Å². The molecule has 27 heavy (non-hydrogen) atoms. The molecule has 138 valence electrons. The second-order valence-electron chi connectivity index (χ2n) is 6.30. The predicted molar refractivity (Wildman–Crippen MR) is 99.9 cm³/mol. The Balaban J connectivity index is 1.60. The van der Waals surface area contributed by atoms with Gasteiger partial charge in [0, 0.05) is 24.7 Å². The Labute approximate surface area is 155 Å². The van der Waals surface area contributed by atoms with E-state index in [-0.39, 0.29) is 10.6 Å². The minimum Gasteiger partial charge on any atom is -0.455 e. The normalized spacial score (nSPS) is 14.7. The van der Waals surface area contributed by atoms with Gasteiger partial charge in [-0.05, 0) is 43.5 Å². The van der Waals surface area contributed by atoms with Gasteiger partial charge in [0.15, 0.2) is 0 Å². The average Bonchev–Trinajstić information content (AvgIpc) is 3.38. The second kappa shape index (κ2) is 7.40. The van der Waals surface area contributed by atoms with Gasteiger partial charge in [-0.25, -0.2) is 4.68 Å². The molecule has 1 saturated heterocycles. The van der Waals surface area contributed by atoms with Gasteiger partial charge >= 0.3 is 0 Å². The molecule has 1 fully saturated rings. The topological polar surface area (TPSA) is 103 Å². The highest BCUT2D eigenvalue weighted by Gasteiger charge is 2.22. The van der Waals surface area contributed by atoms with Crippen molar-refractivity contribution < 1.29 is 9.34 Å². The molecule has 0 atom stereocenters. The number of rotatable bonds is 5. The number of anilines is 1. The molecule has 9 nitrogen and oxygen atoms in total. The molecule has 4 rings (SSSR count). The van der Waals surface area contributed by atoms with E-state index in [1.165, 1.54) is 30.0 Å². The molecule has 0 amide bonds. The van der Waals surface area contributed by atoms with Crippen LogP contribution in [0.5, 0.6) is 0 Å². The van der Waals surface area contributed by atoms with E-state index in [0.717, 1.165) is 25.9 Å². The van der Waals surface area contributed by atoms with Crippen molar-refractivity contribution in [3.8, 4) is 11.3 Å². The summed E-state index contributed by atoms with van der Waals surface area (Å²) < 4.78 is 7.19. The van der Waals surface area contributed by atoms with Crippen LogP contribution in [-0.2, 0) is 0 Å². The fraction of sp³-hybridized carbons (Fsp3) is 0.278. The number of hydrogen-bond acceptors (Lipinski definition) is 7. The van der Waals surface area contributed by atoms with Gasteiger partial charge in [0.1, 0.15) is 29.9 Å². The van der Waals surface area contributed by atoms with Crippen LogP contribution in [0.4, 0.5) is 11.4 Å². The number of nitro benzene ring substituents is 1. The first kappa shape index (κ1) is 17.0. The highest BCUT2D eigenvalue weighted by atomic mass is 16.6. The van der Waals surface area contributed by atoms with Crippen molar-refractivity contribution in [1.29, 1.82) is 0 Å². The number of aromatic nitrogens is 3. The van der Waals surface area contributed by atoms with E-state index >= 15 is 0 Å². The lowest BCUT2D eigenvalue weighted by atomic mass is 10.1. The third-order valence-electron chi connectivity index (χ3n) is 4.51. The minimum atomic E-state index is -0.329. The lowest BCUT2D eigenvalue weighted by molar-refractivity contribution is -0.384. The van der Waals surface area contributed by atoms with Crippen molar-refractivity contribution in [1.82, 2.24) is 14.9 Å². The molecule has 3 heterocycles. The summed E-state index contributed by atoms with van der Waals surface area (Å²) in [7, 11) is 0. The zero-order valence-corrected chi connectivity index (χ0v) is 14.6. The Kier molecular flexibility index (Phi) is 4.65. The fourth-order valence-corrected chi connectivity index (χ4v) is 3.18. The summed E-state index contributed by atoms with van der Waals surface area (Å²) in [6.45, 7) is 1.70. The molecule has 0 aliphatic carbocycles. The van der Waals surface area contributed by atoms with E-state index in [1.54, 1.807) is 18.2 Å². The van der Waals surface area contributed by atoms with Crippen molar-refractivity contribution >= 4 is 17.6 Å². The number of hydrogen-bond donors (Lipinski definition) is 0. The maximum Gasteiger partial charge on any atom is 0.293 e. The van der Waals surface area contributed by atoms with Crippen molar-refractivity contribution in [2.45, 2.75) is 19.3 Å². The van der Waals surface area contributed by atoms with Crippen molar-refractivity contribution in [2.24, 2.45) is 5.10 Å². The number of benzene rings is 1. The molecule has 0 saturated carbocycles. The van der Waals surface area contributed by atoms with Crippen LogP contribution >= 0.6 is 0 Å². The summed E-state index contributed by atoms with van der Waals surface area (Å²) in [5.41, 5.74) is 1.43. The predicted octanol–water partition coefficient (Wildman–Crippen LogP) is 3.32. The lowest BCUT2D eigenvalue weighted by Gasteiger charge is -2.28. The van der Waals surface area contributed by atoms with Gasteiger partial charge in [0.2, 0.25) is 0 Å². The van der Waals surface area contributed by atoms with Crippen LogP contribution in [0.2, 0.25) is 0 Å². The van der Waals surface area contributed by atoms with E-state index in [9.17, 15) is 10.1 Å². The highest BCUT2D eigenvalue weighted by Crippen LogP contribution is 2.35. The van der Waals surface area contributed by atoms with Gasteiger partial charge in [0.25, 0.3) is 5.69 Å². The summed E-state index contributed by atoms with van der Waals surface area (Å²) in [6, 6.07) is 8.77. The molecule has 3 aromatic rings. The van der Waals surface area contributed by atoms with Crippen LogP contribution in [-0.4, -0.2) is 39.1 Å². The Hall–Kier alpha value is -3.49. The zero-order valence-electron chi connectivity index (χ0n) is 14.6. The molecule has 1 aliphatic rings. The van der Waals surface area contributed by atoms with Crippen LogP contribution < -0.4 is 4.90 Å². The van der Waals surface area contributed by atoms with Gasteiger partial charge in [-0.1, -0.05) is 0 Å². The SMILES string of the molecule is O=[N+]([O-])c1cc(-c2ccc(/C=N/n3cnnc3)o2)ccc1N1CCCCC1. The van der Waals surface area contributed by atoms with Crippen molar-refractivity contribution in [3.63, 3.8) is 0 Å². The molecule has 2 aromatic heterocycles. The van der Waals surface area contributed by atoms with Crippen molar-refractivity contribution in [2.75, 3.05) is 18.0 Å². The average molecular weight is 366 g/mol. The standard InChI is InChI=1S/C18H18N6O3/c25-24(26)17-10-14(4-6-16(17)22-8-2-1-3-9-22)18-7-5-15(27-18)11-21-23-12-19-20-13-23/h4-7,10-13H,1-3,8-9H2/b21-11+. The molecule has 0 N–H and O–H groups in total.